The summed E-state index contributed by atoms with van der Waals surface area (Å²) in [5.41, 5.74) is 1.26. The average Bonchev–Trinajstić information content (AvgIpc) is 3.33. The quantitative estimate of drug-likeness (QED) is 0.834. The monoisotopic (exact) mass is 343 g/mol. The highest BCUT2D eigenvalue weighted by atomic mass is 16.5. The van der Waals surface area contributed by atoms with Crippen molar-refractivity contribution in [1.82, 2.24) is 15.3 Å². The summed E-state index contributed by atoms with van der Waals surface area (Å²) in [7, 11) is 1.56. The summed E-state index contributed by atoms with van der Waals surface area (Å²) in [5.74, 6) is 1.45. The van der Waals surface area contributed by atoms with E-state index < -0.39 is 0 Å². The molecule has 2 aromatic rings. The fourth-order valence-electron chi connectivity index (χ4n) is 3.34. The number of aliphatic hydroxyl groups excluding tert-OH is 1. The number of hydrogen-bond acceptors (Lipinski definition) is 6. The molecule has 0 bridgehead atoms. The van der Waals surface area contributed by atoms with E-state index >= 15 is 0 Å². The molecule has 1 atom stereocenters. The molecule has 4 rings (SSSR count). The lowest BCUT2D eigenvalue weighted by Gasteiger charge is -2.38. The van der Waals surface area contributed by atoms with Crippen LogP contribution >= 0.6 is 0 Å². The molecular formula is C18H21N3O4. The van der Waals surface area contributed by atoms with Crippen LogP contribution in [0.3, 0.4) is 0 Å². The number of pyridine rings is 1. The van der Waals surface area contributed by atoms with E-state index in [1.165, 1.54) is 6.39 Å². The van der Waals surface area contributed by atoms with Gasteiger partial charge in [-0.2, -0.15) is 0 Å². The molecule has 2 aromatic heterocycles. The van der Waals surface area contributed by atoms with Crippen molar-refractivity contribution in [1.29, 1.82) is 0 Å². The smallest absolute Gasteiger partial charge is 0.274 e. The van der Waals surface area contributed by atoms with Gasteiger partial charge >= 0.3 is 0 Å². The molecule has 7 nitrogen and oxygen atoms in total. The number of nitrogens with one attached hydrogen (secondary N) is 1. The molecule has 0 saturated heterocycles. The Balaban J connectivity index is 1.55. The summed E-state index contributed by atoms with van der Waals surface area (Å²) in [6.45, 7) is 0. The summed E-state index contributed by atoms with van der Waals surface area (Å²) in [4.78, 5) is 21.1. The fraction of sp³-hybridized carbons (Fsp3) is 0.500. The van der Waals surface area contributed by atoms with Crippen LogP contribution in [0.25, 0.3) is 0 Å². The first-order chi connectivity index (χ1) is 12.2. The number of aromatic nitrogens is 2. The van der Waals surface area contributed by atoms with Crippen molar-refractivity contribution in [3.8, 4) is 5.88 Å². The molecule has 0 aromatic carbocycles. The van der Waals surface area contributed by atoms with Gasteiger partial charge in [0.2, 0.25) is 5.88 Å². The average molecular weight is 343 g/mol. The lowest BCUT2D eigenvalue weighted by Crippen LogP contribution is -2.41. The minimum absolute atomic E-state index is 0.172. The number of ether oxygens (including phenoxy) is 1. The lowest BCUT2D eigenvalue weighted by atomic mass is 9.75. The van der Waals surface area contributed by atoms with Crippen LogP contribution in [0.1, 0.15) is 59.5 Å². The van der Waals surface area contributed by atoms with Crippen molar-refractivity contribution in [2.75, 3.05) is 7.11 Å². The van der Waals surface area contributed by atoms with E-state index in [9.17, 15) is 9.90 Å². The Morgan fingerprint density at radius 2 is 2.16 bits per heavy atom. The van der Waals surface area contributed by atoms with Gasteiger partial charge in [0, 0.05) is 18.2 Å². The fourth-order valence-corrected chi connectivity index (χ4v) is 3.34. The van der Waals surface area contributed by atoms with Crippen molar-refractivity contribution in [3.05, 3.63) is 41.7 Å². The summed E-state index contributed by atoms with van der Waals surface area (Å²) in [6, 6.07) is 3.44. The predicted molar refractivity (Wildman–Crippen MR) is 88.2 cm³/mol. The molecule has 1 amide bonds. The summed E-state index contributed by atoms with van der Waals surface area (Å²) < 4.78 is 10.5. The third-order valence-corrected chi connectivity index (χ3v) is 4.99. The van der Waals surface area contributed by atoms with Crippen LogP contribution in [0.4, 0.5) is 0 Å². The molecule has 25 heavy (non-hydrogen) atoms. The molecule has 0 aliphatic heterocycles. The van der Waals surface area contributed by atoms with E-state index in [1.54, 1.807) is 19.4 Å². The number of carbonyl (C=O) groups excluding carboxylic acids is 1. The zero-order valence-corrected chi connectivity index (χ0v) is 14.0. The van der Waals surface area contributed by atoms with Crippen molar-refractivity contribution < 1.29 is 19.1 Å². The number of carbonyl (C=O) groups is 1. The third kappa shape index (κ3) is 3.24. The van der Waals surface area contributed by atoms with Gasteiger partial charge in [-0.1, -0.05) is 6.07 Å². The van der Waals surface area contributed by atoms with E-state index in [0.717, 1.165) is 18.4 Å². The Morgan fingerprint density at radius 1 is 1.36 bits per heavy atom. The highest BCUT2D eigenvalue weighted by Gasteiger charge is 2.38. The first-order valence-corrected chi connectivity index (χ1v) is 8.58. The van der Waals surface area contributed by atoms with Gasteiger partial charge in [-0.05, 0) is 37.2 Å². The van der Waals surface area contributed by atoms with Crippen LogP contribution in [0, 0.1) is 5.92 Å². The number of amides is 1. The van der Waals surface area contributed by atoms with Gasteiger partial charge in [0.15, 0.2) is 12.1 Å². The van der Waals surface area contributed by atoms with Gasteiger partial charge in [-0.25, -0.2) is 9.97 Å². The first kappa shape index (κ1) is 16.1. The van der Waals surface area contributed by atoms with Crippen molar-refractivity contribution in [2.45, 2.75) is 43.7 Å². The Kier molecular flexibility index (Phi) is 4.17. The molecule has 132 valence electrons. The van der Waals surface area contributed by atoms with E-state index in [-0.39, 0.29) is 24.0 Å². The maximum Gasteiger partial charge on any atom is 0.274 e. The zero-order valence-electron chi connectivity index (χ0n) is 14.0. The Morgan fingerprint density at radius 3 is 2.76 bits per heavy atom. The molecule has 7 heteroatoms. The minimum atomic E-state index is -0.301. The maximum absolute atomic E-state index is 12.8. The highest BCUT2D eigenvalue weighted by Crippen LogP contribution is 2.42. The minimum Gasteiger partial charge on any atom is -0.481 e. The van der Waals surface area contributed by atoms with Crippen molar-refractivity contribution in [3.63, 3.8) is 0 Å². The van der Waals surface area contributed by atoms with Gasteiger partial charge in [0.05, 0.1) is 19.3 Å². The summed E-state index contributed by atoms with van der Waals surface area (Å²) in [5, 5.41) is 12.7. The van der Waals surface area contributed by atoms with E-state index in [1.807, 2.05) is 6.07 Å². The second kappa shape index (κ2) is 6.48. The van der Waals surface area contributed by atoms with Gasteiger partial charge in [0.25, 0.3) is 5.91 Å². The lowest BCUT2D eigenvalue weighted by molar-refractivity contribution is 0.0234. The summed E-state index contributed by atoms with van der Waals surface area (Å²) >= 11 is 0. The Hall–Kier alpha value is -2.41. The van der Waals surface area contributed by atoms with Crippen LogP contribution in [0.5, 0.6) is 5.88 Å². The molecule has 0 spiro atoms. The molecule has 2 aliphatic carbocycles. The van der Waals surface area contributed by atoms with Gasteiger partial charge in [0.1, 0.15) is 5.76 Å². The van der Waals surface area contributed by atoms with Crippen molar-refractivity contribution in [2.24, 2.45) is 5.92 Å². The zero-order chi connectivity index (χ0) is 17.4. The van der Waals surface area contributed by atoms with Crippen molar-refractivity contribution >= 4 is 5.91 Å². The van der Waals surface area contributed by atoms with E-state index in [0.29, 0.717) is 36.1 Å². The van der Waals surface area contributed by atoms with Crippen LogP contribution in [0.2, 0.25) is 0 Å². The number of oxazole rings is 1. The van der Waals surface area contributed by atoms with Gasteiger partial charge in [-0.3, -0.25) is 4.79 Å². The number of nitrogens with zero attached hydrogens (tertiary/aromatic N) is 2. The van der Waals surface area contributed by atoms with Crippen LogP contribution in [0.15, 0.2) is 29.1 Å². The van der Waals surface area contributed by atoms with Gasteiger partial charge < -0.3 is 19.6 Å². The normalized spacial score (nSPS) is 23.6. The predicted octanol–water partition coefficient (Wildman–Crippen LogP) is 2.20. The summed E-state index contributed by atoms with van der Waals surface area (Å²) in [6.07, 6.45) is 6.13. The van der Waals surface area contributed by atoms with Crippen LogP contribution < -0.4 is 10.1 Å². The van der Waals surface area contributed by atoms with E-state index in [2.05, 4.69) is 15.3 Å². The van der Waals surface area contributed by atoms with Crippen LogP contribution in [-0.4, -0.2) is 34.2 Å². The standard InChI is InChI=1S/C18H21N3O4/c1-24-14-5-4-11(8-19-14)15(12-6-13(22)7-12)21-18(23)16-17(10-2-3-10)25-9-20-16/h4-5,8-10,12-13,15,22H,2-3,6-7H2,1H3,(H,21,23)/t12?,13?,15-/m1/s1. The van der Waals surface area contributed by atoms with E-state index in [4.69, 9.17) is 9.15 Å². The second-order valence-corrected chi connectivity index (χ2v) is 6.81. The molecular weight excluding hydrogens is 322 g/mol. The molecule has 2 fully saturated rings. The molecule has 0 radical (unpaired) electrons. The van der Waals surface area contributed by atoms with Crippen LogP contribution in [-0.2, 0) is 0 Å². The first-order valence-electron chi connectivity index (χ1n) is 8.58. The molecule has 2 N–H and O–H groups in total. The largest absolute Gasteiger partial charge is 0.481 e. The van der Waals surface area contributed by atoms with Gasteiger partial charge in [-0.15, -0.1) is 0 Å². The SMILES string of the molecule is COc1ccc([C@@H](NC(=O)c2ncoc2C2CC2)C2CC(O)C2)cn1. The third-order valence-electron chi connectivity index (χ3n) is 4.99. The number of methoxy groups -OCH3 is 1. The number of aliphatic hydroxyl groups is 1. The topological polar surface area (TPSA) is 97.5 Å². The second-order valence-electron chi connectivity index (χ2n) is 6.81. The molecule has 2 saturated carbocycles. The Bertz CT molecular complexity index is 748. The maximum atomic E-state index is 12.8. The molecule has 2 aliphatic rings. The molecule has 2 heterocycles. The highest BCUT2D eigenvalue weighted by molar-refractivity contribution is 5.93. The Labute approximate surface area is 145 Å². The number of hydrogen-bond donors (Lipinski definition) is 2. The molecule has 0 unspecified atom stereocenters. The number of rotatable bonds is 6.